The van der Waals surface area contributed by atoms with Gasteiger partial charge in [0, 0.05) is 19.2 Å². The lowest BCUT2D eigenvalue weighted by atomic mass is 9.99. The van der Waals surface area contributed by atoms with E-state index in [-0.39, 0.29) is 5.91 Å². The van der Waals surface area contributed by atoms with Crippen LogP contribution in [0.25, 0.3) is 6.08 Å². The van der Waals surface area contributed by atoms with E-state index in [1.807, 2.05) is 35.2 Å². The lowest BCUT2D eigenvalue weighted by Gasteiger charge is -2.29. The Bertz CT molecular complexity index is 442. The van der Waals surface area contributed by atoms with Gasteiger partial charge in [-0.2, -0.15) is 0 Å². The van der Waals surface area contributed by atoms with Gasteiger partial charge >= 0.3 is 0 Å². The summed E-state index contributed by atoms with van der Waals surface area (Å²) in [7, 11) is 1.64. The molecule has 0 saturated carbocycles. The number of carbonyl (C=O) groups excluding carboxylic acids is 1. The second-order valence-corrected chi connectivity index (χ2v) is 5.11. The molecule has 0 radical (unpaired) electrons. The minimum Gasteiger partial charge on any atom is -0.497 e. The number of nitrogens with zero attached hydrogens (tertiary/aromatic N) is 1. The van der Waals surface area contributed by atoms with Crippen molar-refractivity contribution >= 4 is 12.0 Å². The van der Waals surface area contributed by atoms with Crippen LogP contribution in [0.5, 0.6) is 5.75 Å². The van der Waals surface area contributed by atoms with Gasteiger partial charge in [0.25, 0.3) is 0 Å². The number of hydrogen-bond donors (Lipinski definition) is 0. The van der Waals surface area contributed by atoms with E-state index in [1.54, 1.807) is 13.2 Å². The second kappa shape index (κ2) is 6.41. The first-order valence-electron chi connectivity index (χ1n) is 6.80. The molecule has 19 heavy (non-hydrogen) atoms. The summed E-state index contributed by atoms with van der Waals surface area (Å²) in [6.45, 7) is 4.01. The molecule has 3 nitrogen and oxygen atoms in total. The van der Waals surface area contributed by atoms with Crippen molar-refractivity contribution in [2.24, 2.45) is 5.92 Å². The quantitative estimate of drug-likeness (QED) is 0.781. The molecule has 1 aliphatic heterocycles. The van der Waals surface area contributed by atoms with E-state index < -0.39 is 0 Å². The maximum atomic E-state index is 12.0. The second-order valence-electron chi connectivity index (χ2n) is 5.11. The van der Waals surface area contributed by atoms with Gasteiger partial charge in [-0.3, -0.25) is 4.79 Å². The highest BCUT2D eigenvalue weighted by atomic mass is 16.5. The molecule has 1 aliphatic rings. The van der Waals surface area contributed by atoms with E-state index in [1.165, 1.54) is 0 Å². The fourth-order valence-corrected chi connectivity index (χ4v) is 2.22. The van der Waals surface area contributed by atoms with Crippen molar-refractivity contribution < 1.29 is 9.53 Å². The largest absolute Gasteiger partial charge is 0.497 e. The Morgan fingerprint density at radius 1 is 1.26 bits per heavy atom. The van der Waals surface area contributed by atoms with Crippen molar-refractivity contribution in [3.8, 4) is 5.75 Å². The molecule has 2 rings (SSSR count). The Labute approximate surface area is 114 Å². The topological polar surface area (TPSA) is 29.5 Å². The zero-order chi connectivity index (χ0) is 13.7. The molecule has 3 heteroatoms. The lowest BCUT2D eigenvalue weighted by Crippen LogP contribution is -2.36. The average Bonchev–Trinajstić information content (AvgIpc) is 2.46. The van der Waals surface area contributed by atoms with Gasteiger partial charge < -0.3 is 9.64 Å². The van der Waals surface area contributed by atoms with Gasteiger partial charge in [0.05, 0.1) is 7.11 Å². The van der Waals surface area contributed by atoms with Crippen LogP contribution in [0.4, 0.5) is 0 Å². The lowest BCUT2D eigenvalue weighted by molar-refractivity contribution is -0.127. The maximum Gasteiger partial charge on any atom is 0.246 e. The summed E-state index contributed by atoms with van der Waals surface area (Å²) in [6.07, 6.45) is 5.75. The van der Waals surface area contributed by atoms with E-state index in [4.69, 9.17) is 4.74 Å². The Balaban J connectivity index is 1.92. The van der Waals surface area contributed by atoms with Crippen molar-refractivity contribution in [1.29, 1.82) is 0 Å². The summed E-state index contributed by atoms with van der Waals surface area (Å²) in [5.41, 5.74) is 1.01. The van der Waals surface area contributed by atoms with Crippen LogP contribution in [-0.2, 0) is 4.79 Å². The van der Waals surface area contributed by atoms with Crippen LogP contribution in [0.2, 0.25) is 0 Å². The summed E-state index contributed by atoms with van der Waals surface area (Å²) in [5.74, 6) is 1.69. The van der Waals surface area contributed by atoms with Crippen molar-refractivity contribution in [2.45, 2.75) is 19.8 Å². The molecule has 1 amide bonds. The Hall–Kier alpha value is -1.77. The highest BCUT2D eigenvalue weighted by Gasteiger charge is 2.18. The molecule has 1 aromatic carbocycles. The predicted octanol–water partition coefficient (Wildman–Crippen LogP) is 2.97. The average molecular weight is 259 g/mol. The van der Waals surface area contributed by atoms with Crippen molar-refractivity contribution in [3.05, 3.63) is 35.9 Å². The van der Waals surface area contributed by atoms with Crippen LogP contribution in [-0.4, -0.2) is 31.0 Å². The minimum atomic E-state index is 0.114. The van der Waals surface area contributed by atoms with Crippen LogP contribution in [0.1, 0.15) is 25.3 Å². The van der Waals surface area contributed by atoms with Gasteiger partial charge in [-0.15, -0.1) is 0 Å². The predicted molar refractivity (Wildman–Crippen MR) is 77.0 cm³/mol. The molecule has 0 spiro atoms. The molecular weight excluding hydrogens is 238 g/mol. The molecule has 0 aromatic heterocycles. The van der Waals surface area contributed by atoms with Gasteiger partial charge in [-0.1, -0.05) is 19.1 Å². The highest BCUT2D eigenvalue weighted by molar-refractivity contribution is 5.91. The van der Waals surface area contributed by atoms with E-state index >= 15 is 0 Å². The Morgan fingerprint density at radius 2 is 1.89 bits per heavy atom. The molecule has 0 atom stereocenters. The van der Waals surface area contributed by atoms with Crippen LogP contribution in [0.15, 0.2) is 30.3 Å². The Morgan fingerprint density at radius 3 is 2.47 bits per heavy atom. The summed E-state index contributed by atoms with van der Waals surface area (Å²) >= 11 is 0. The SMILES string of the molecule is COc1ccc(/C=C/C(=O)N2CCC(C)CC2)cc1. The van der Waals surface area contributed by atoms with E-state index in [0.29, 0.717) is 0 Å². The van der Waals surface area contributed by atoms with Gasteiger partial charge in [0.2, 0.25) is 5.91 Å². The standard InChI is InChI=1S/C16H21NO2/c1-13-9-11-17(12-10-13)16(18)8-5-14-3-6-15(19-2)7-4-14/h3-8,13H,9-12H2,1-2H3/b8-5+. The molecule has 1 fully saturated rings. The van der Waals surface area contributed by atoms with E-state index in [9.17, 15) is 4.79 Å². The van der Waals surface area contributed by atoms with Gasteiger partial charge in [0.15, 0.2) is 0 Å². The van der Waals surface area contributed by atoms with Crippen LogP contribution in [0.3, 0.4) is 0 Å². The first-order valence-corrected chi connectivity index (χ1v) is 6.80. The van der Waals surface area contributed by atoms with Crippen LogP contribution < -0.4 is 4.74 Å². The molecule has 1 saturated heterocycles. The maximum absolute atomic E-state index is 12.0. The molecular formula is C16H21NO2. The van der Waals surface area contributed by atoms with Crippen LogP contribution >= 0.6 is 0 Å². The Kier molecular flexibility index (Phi) is 4.61. The number of ether oxygens (including phenoxy) is 1. The number of likely N-dealkylation sites (tertiary alicyclic amines) is 1. The highest BCUT2D eigenvalue weighted by Crippen LogP contribution is 2.17. The number of piperidine rings is 1. The van der Waals surface area contributed by atoms with Crippen molar-refractivity contribution in [3.63, 3.8) is 0 Å². The molecule has 102 valence electrons. The molecule has 0 N–H and O–H groups in total. The minimum absolute atomic E-state index is 0.114. The molecule has 1 aromatic rings. The summed E-state index contributed by atoms with van der Waals surface area (Å²) < 4.78 is 5.10. The smallest absolute Gasteiger partial charge is 0.246 e. The zero-order valence-electron chi connectivity index (χ0n) is 11.6. The summed E-state index contributed by atoms with van der Waals surface area (Å²) in [4.78, 5) is 13.9. The normalized spacial score (nSPS) is 16.8. The molecule has 0 aliphatic carbocycles. The third kappa shape index (κ3) is 3.85. The van der Waals surface area contributed by atoms with E-state index in [2.05, 4.69) is 6.92 Å². The number of amides is 1. The molecule has 1 heterocycles. The van der Waals surface area contributed by atoms with Crippen molar-refractivity contribution in [2.75, 3.05) is 20.2 Å². The number of methoxy groups -OCH3 is 1. The fourth-order valence-electron chi connectivity index (χ4n) is 2.22. The summed E-state index contributed by atoms with van der Waals surface area (Å²) in [5, 5.41) is 0. The van der Waals surface area contributed by atoms with Gasteiger partial charge in [-0.25, -0.2) is 0 Å². The number of benzene rings is 1. The monoisotopic (exact) mass is 259 g/mol. The number of rotatable bonds is 3. The molecule has 0 bridgehead atoms. The van der Waals surface area contributed by atoms with Crippen LogP contribution in [0, 0.1) is 5.92 Å². The first kappa shape index (κ1) is 13.7. The first-order chi connectivity index (χ1) is 9.19. The number of hydrogen-bond acceptors (Lipinski definition) is 2. The third-order valence-corrected chi connectivity index (χ3v) is 3.63. The van der Waals surface area contributed by atoms with Gasteiger partial charge in [0.1, 0.15) is 5.75 Å². The van der Waals surface area contributed by atoms with Gasteiger partial charge in [-0.05, 0) is 42.5 Å². The zero-order valence-corrected chi connectivity index (χ0v) is 11.6. The van der Waals surface area contributed by atoms with E-state index in [0.717, 1.165) is 43.2 Å². The number of carbonyl (C=O) groups is 1. The molecule has 0 unspecified atom stereocenters. The summed E-state index contributed by atoms with van der Waals surface area (Å²) in [6, 6.07) is 7.68. The fraction of sp³-hybridized carbons (Fsp3) is 0.438. The third-order valence-electron chi connectivity index (χ3n) is 3.63. The van der Waals surface area contributed by atoms with Crippen molar-refractivity contribution in [1.82, 2.24) is 4.90 Å².